The van der Waals surface area contributed by atoms with Gasteiger partial charge in [0.05, 0.1) is 19.5 Å². The lowest BCUT2D eigenvalue weighted by Gasteiger charge is -2.21. The summed E-state index contributed by atoms with van der Waals surface area (Å²) >= 11 is 0. The van der Waals surface area contributed by atoms with Crippen LogP contribution in [0.3, 0.4) is 0 Å². The number of aliphatic imine (C=N–C) groups is 1. The number of anilines is 1. The Morgan fingerprint density at radius 1 is 1.52 bits per heavy atom. The molecule has 0 saturated heterocycles. The summed E-state index contributed by atoms with van der Waals surface area (Å²) in [6.45, 7) is 3.77. The van der Waals surface area contributed by atoms with Gasteiger partial charge in [-0.1, -0.05) is 9.39 Å². The molecule has 0 radical (unpaired) electrons. The smallest absolute Gasteiger partial charge is 0.323 e. The predicted octanol–water partition coefficient (Wildman–Crippen LogP) is -0.505. The number of aliphatic hydroxyl groups is 1. The van der Waals surface area contributed by atoms with Crippen LogP contribution < -0.4 is 16.1 Å². The number of hydrogen-bond acceptors (Lipinski definition) is 10. The van der Waals surface area contributed by atoms with Crippen molar-refractivity contribution in [2.24, 2.45) is 16.6 Å². The number of guanidine groups is 1. The fraction of sp³-hybridized carbons (Fsp3) is 0.600. The molecule has 4 atom stereocenters. The predicted molar refractivity (Wildman–Crippen MR) is 100 cm³/mol. The van der Waals surface area contributed by atoms with Gasteiger partial charge in [-0.05, 0) is 13.3 Å². The Labute approximate surface area is 159 Å². The molecule has 12 heteroatoms. The number of aromatic nitrogens is 2. The largest absolute Gasteiger partial charge is 0.466 e. The molecule has 1 aliphatic rings. The molecule has 2 heterocycles. The zero-order valence-electron chi connectivity index (χ0n) is 15.2. The molecule has 2 rings (SSSR count). The van der Waals surface area contributed by atoms with E-state index in [2.05, 4.69) is 29.8 Å². The van der Waals surface area contributed by atoms with E-state index >= 15 is 0 Å². The van der Waals surface area contributed by atoms with E-state index in [1.807, 2.05) is 0 Å². The van der Waals surface area contributed by atoms with Gasteiger partial charge in [-0.3, -0.25) is 14.7 Å². The highest BCUT2D eigenvalue weighted by atomic mass is 31.0. The van der Waals surface area contributed by atoms with Gasteiger partial charge in [0, 0.05) is 19.4 Å². The third-order valence-electron chi connectivity index (χ3n) is 3.97. The lowest BCUT2D eigenvalue weighted by molar-refractivity contribution is -0.147. The SMILES string of the molecule is CC(=O)OC[C@H](CCOC(=O)[C@H](C)NP)Cn1cnc2c1NC(N)=NC2O. The van der Waals surface area contributed by atoms with Crippen LogP contribution in [0.25, 0.3) is 0 Å². The first-order chi connectivity index (χ1) is 12.8. The van der Waals surface area contributed by atoms with Crippen molar-refractivity contribution >= 4 is 33.1 Å². The standard InChI is InChI=1S/C15H25N6O5P/c1-8(20-27)14(24)25-4-3-10(6-26-9(2)22)5-21-7-17-11-12(21)18-15(16)19-13(11)23/h7-8,10,13,20,23H,3-6,27H2,1-2H3,(H3,16,18,19)/t8-,10+,13?/m0/s1. The van der Waals surface area contributed by atoms with E-state index in [4.69, 9.17) is 15.2 Å². The third kappa shape index (κ3) is 5.88. The maximum absolute atomic E-state index is 11.7. The molecule has 1 aromatic rings. The van der Waals surface area contributed by atoms with E-state index in [9.17, 15) is 14.7 Å². The molecular formula is C15H25N6O5P. The summed E-state index contributed by atoms with van der Waals surface area (Å²) < 4.78 is 12.1. The first-order valence-electron chi connectivity index (χ1n) is 8.41. The van der Waals surface area contributed by atoms with Crippen molar-refractivity contribution in [2.75, 3.05) is 18.5 Å². The molecule has 5 N–H and O–H groups in total. The summed E-state index contributed by atoms with van der Waals surface area (Å²) in [4.78, 5) is 30.8. The molecular weight excluding hydrogens is 375 g/mol. The zero-order chi connectivity index (χ0) is 20.0. The van der Waals surface area contributed by atoms with Gasteiger partial charge in [-0.25, -0.2) is 9.98 Å². The molecule has 0 aliphatic carbocycles. The van der Waals surface area contributed by atoms with Crippen LogP contribution in [0.15, 0.2) is 11.3 Å². The number of carbonyl (C=O) groups is 2. The zero-order valence-corrected chi connectivity index (χ0v) is 16.4. The van der Waals surface area contributed by atoms with Gasteiger partial charge in [0.15, 0.2) is 12.2 Å². The van der Waals surface area contributed by atoms with Crippen LogP contribution in [0, 0.1) is 5.92 Å². The maximum Gasteiger partial charge on any atom is 0.323 e. The second-order valence-corrected chi connectivity index (χ2v) is 6.49. The van der Waals surface area contributed by atoms with E-state index in [1.165, 1.54) is 6.92 Å². The summed E-state index contributed by atoms with van der Waals surface area (Å²) in [5.41, 5.74) is 6.02. The average molecular weight is 400 g/mol. The van der Waals surface area contributed by atoms with Crippen molar-refractivity contribution in [3.63, 3.8) is 0 Å². The Kier molecular flexibility index (Phi) is 7.52. The van der Waals surface area contributed by atoms with Crippen LogP contribution in [0.2, 0.25) is 0 Å². The monoisotopic (exact) mass is 400 g/mol. The molecule has 0 amide bonds. The molecule has 11 nitrogen and oxygen atoms in total. The minimum absolute atomic E-state index is 0.0844. The number of esters is 2. The van der Waals surface area contributed by atoms with Crippen LogP contribution >= 0.6 is 9.39 Å². The normalized spacial score (nSPS) is 17.9. The van der Waals surface area contributed by atoms with Crippen LogP contribution in [0.5, 0.6) is 0 Å². The Bertz CT molecular complexity index is 709. The number of rotatable bonds is 9. The van der Waals surface area contributed by atoms with Crippen LogP contribution in [0.4, 0.5) is 5.82 Å². The van der Waals surface area contributed by atoms with Crippen LogP contribution in [-0.2, 0) is 25.6 Å². The number of ether oxygens (including phenoxy) is 2. The molecule has 2 unspecified atom stereocenters. The van der Waals surface area contributed by atoms with E-state index in [-0.39, 0.29) is 31.1 Å². The second kappa shape index (κ2) is 9.63. The molecule has 0 aromatic carbocycles. The van der Waals surface area contributed by atoms with E-state index < -0.39 is 18.2 Å². The first kappa shape index (κ1) is 21.1. The van der Waals surface area contributed by atoms with Gasteiger partial charge in [-0.2, -0.15) is 0 Å². The van der Waals surface area contributed by atoms with Crippen molar-refractivity contribution in [1.29, 1.82) is 0 Å². The summed E-state index contributed by atoms with van der Waals surface area (Å²) in [5.74, 6) is -0.291. The van der Waals surface area contributed by atoms with E-state index in [0.717, 1.165) is 0 Å². The minimum Gasteiger partial charge on any atom is -0.466 e. The quantitative estimate of drug-likeness (QED) is 0.317. The number of aliphatic hydroxyl groups excluding tert-OH is 1. The minimum atomic E-state index is -1.13. The van der Waals surface area contributed by atoms with Gasteiger partial charge < -0.3 is 30.2 Å². The maximum atomic E-state index is 11.7. The Morgan fingerprint density at radius 3 is 2.93 bits per heavy atom. The lowest BCUT2D eigenvalue weighted by Crippen LogP contribution is -2.31. The second-order valence-electron chi connectivity index (χ2n) is 6.16. The molecule has 0 spiro atoms. The van der Waals surface area contributed by atoms with Gasteiger partial charge in [0.2, 0.25) is 0 Å². The van der Waals surface area contributed by atoms with Crippen molar-refractivity contribution in [2.45, 2.75) is 39.1 Å². The van der Waals surface area contributed by atoms with E-state index in [1.54, 1.807) is 17.8 Å². The van der Waals surface area contributed by atoms with Crippen LogP contribution in [-0.4, -0.2) is 51.8 Å². The molecule has 0 fully saturated rings. The van der Waals surface area contributed by atoms with Gasteiger partial charge in [0.25, 0.3) is 0 Å². The third-order valence-corrected chi connectivity index (χ3v) is 4.47. The molecule has 150 valence electrons. The van der Waals surface area contributed by atoms with Gasteiger partial charge >= 0.3 is 11.9 Å². The molecule has 1 aromatic heterocycles. The number of fused-ring (bicyclic) bond motifs is 1. The number of hydrogen-bond donors (Lipinski definition) is 4. The summed E-state index contributed by atoms with van der Waals surface area (Å²) in [6.07, 6.45) is 0.889. The topological polar surface area (TPSA) is 153 Å². The Balaban J connectivity index is 2.01. The van der Waals surface area contributed by atoms with Crippen LogP contribution in [0.1, 0.15) is 32.2 Å². The Morgan fingerprint density at radius 2 is 2.26 bits per heavy atom. The summed E-state index contributed by atoms with van der Waals surface area (Å²) in [5, 5.41) is 15.5. The lowest BCUT2D eigenvalue weighted by atomic mass is 10.1. The molecule has 0 bridgehead atoms. The van der Waals surface area contributed by atoms with Gasteiger partial charge in [0.1, 0.15) is 17.6 Å². The molecule has 27 heavy (non-hydrogen) atoms. The highest BCUT2D eigenvalue weighted by molar-refractivity contribution is 7.13. The highest BCUT2D eigenvalue weighted by Gasteiger charge is 2.25. The average Bonchev–Trinajstić information content (AvgIpc) is 3.01. The molecule has 0 saturated carbocycles. The number of imidazole rings is 1. The summed E-state index contributed by atoms with van der Waals surface area (Å²) in [6, 6.07) is -0.435. The highest BCUT2D eigenvalue weighted by Crippen LogP contribution is 2.27. The van der Waals surface area contributed by atoms with Crippen molar-refractivity contribution in [3.8, 4) is 0 Å². The van der Waals surface area contributed by atoms with Gasteiger partial charge in [-0.15, -0.1) is 0 Å². The van der Waals surface area contributed by atoms with Crippen molar-refractivity contribution in [1.82, 2.24) is 14.6 Å². The number of nitrogens with two attached hydrogens (primary N) is 1. The van der Waals surface area contributed by atoms with Crippen molar-refractivity contribution in [3.05, 3.63) is 12.0 Å². The van der Waals surface area contributed by atoms with Crippen molar-refractivity contribution < 1.29 is 24.2 Å². The number of nitrogens with one attached hydrogen (secondary N) is 2. The Hall–Kier alpha value is -2.23. The fourth-order valence-electron chi connectivity index (χ4n) is 2.47. The molecule has 1 aliphatic heterocycles. The fourth-order valence-corrected chi connectivity index (χ4v) is 2.60. The van der Waals surface area contributed by atoms with E-state index in [0.29, 0.717) is 24.5 Å². The summed E-state index contributed by atoms with van der Waals surface area (Å²) in [7, 11) is 2.26. The number of carbonyl (C=O) groups excluding carboxylic acids is 2. The first-order valence-corrected chi connectivity index (χ1v) is 8.99. The number of nitrogens with zero attached hydrogens (tertiary/aromatic N) is 3.